The number of aliphatic hydroxyl groups excluding tert-OH is 1. The Morgan fingerprint density at radius 3 is 2.65 bits per heavy atom. The average molecular weight is 343 g/mol. The molecule has 0 aliphatic heterocycles. The highest BCUT2D eigenvalue weighted by Gasteiger charge is 2.25. The zero-order valence-electron chi connectivity index (χ0n) is 12.1. The third-order valence-corrected chi connectivity index (χ3v) is 4.10. The van der Waals surface area contributed by atoms with Crippen LogP contribution in [0.5, 0.6) is 0 Å². The molecule has 2 rings (SSSR count). The van der Waals surface area contributed by atoms with Crippen molar-refractivity contribution in [2.75, 3.05) is 13.7 Å². The second-order valence-electron chi connectivity index (χ2n) is 4.75. The predicted octanol–water partition coefficient (Wildman–Crippen LogP) is 2.89. The first kappa shape index (κ1) is 15.3. The summed E-state index contributed by atoms with van der Waals surface area (Å²) in [6.45, 7) is 6.84. The smallest absolute Gasteiger partial charge is 0.125 e. The maximum atomic E-state index is 10.7. The molecule has 2 aromatic heterocycles. The fraction of sp³-hybridized carbons (Fsp3) is 0.500. The van der Waals surface area contributed by atoms with Gasteiger partial charge in [-0.15, -0.1) is 0 Å². The number of methoxy groups -OCH3 is 1. The molecule has 5 nitrogen and oxygen atoms in total. The van der Waals surface area contributed by atoms with E-state index >= 15 is 0 Å². The molecule has 0 spiro atoms. The van der Waals surface area contributed by atoms with Gasteiger partial charge >= 0.3 is 0 Å². The monoisotopic (exact) mass is 342 g/mol. The molecule has 0 radical (unpaired) electrons. The van der Waals surface area contributed by atoms with Crippen LogP contribution in [-0.2, 0) is 11.3 Å². The second-order valence-corrected chi connectivity index (χ2v) is 5.60. The number of hydrogen-bond donors (Lipinski definition) is 1. The molecule has 0 bridgehead atoms. The van der Waals surface area contributed by atoms with Gasteiger partial charge in [0.15, 0.2) is 0 Å². The van der Waals surface area contributed by atoms with E-state index in [2.05, 4.69) is 21.0 Å². The van der Waals surface area contributed by atoms with E-state index in [1.807, 2.05) is 20.8 Å². The molecule has 0 amide bonds. The predicted molar refractivity (Wildman–Crippen MR) is 78.8 cm³/mol. The fourth-order valence-corrected chi connectivity index (χ4v) is 2.86. The Bertz CT molecular complexity index is 604. The van der Waals surface area contributed by atoms with Crippen LogP contribution in [0.3, 0.4) is 0 Å². The SMILES string of the molecule is COCCn1ncc(Br)c1C(O)c1c(C)oc(C)c1C. The summed E-state index contributed by atoms with van der Waals surface area (Å²) in [5, 5.41) is 15.0. The fourth-order valence-electron chi connectivity index (χ4n) is 2.35. The van der Waals surface area contributed by atoms with Gasteiger partial charge in [-0.2, -0.15) is 5.10 Å². The second kappa shape index (κ2) is 6.11. The molecule has 1 N–H and O–H groups in total. The molecule has 1 atom stereocenters. The van der Waals surface area contributed by atoms with Crippen LogP contribution in [-0.4, -0.2) is 28.6 Å². The molecule has 2 heterocycles. The molecule has 0 aliphatic carbocycles. The van der Waals surface area contributed by atoms with E-state index in [1.54, 1.807) is 18.0 Å². The molecular weight excluding hydrogens is 324 g/mol. The van der Waals surface area contributed by atoms with Crippen molar-refractivity contribution in [3.63, 3.8) is 0 Å². The van der Waals surface area contributed by atoms with Crippen molar-refractivity contribution in [3.8, 4) is 0 Å². The van der Waals surface area contributed by atoms with Gasteiger partial charge in [0.2, 0.25) is 0 Å². The number of nitrogens with zero attached hydrogens (tertiary/aromatic N) is 2. The molecule has 1 unspecified atom stereocenters. The van der Waals surface area contributed by atoms with Crippen LogP contribution in [0.25, 0.3) is 0 Å². The van der Waals surface area contributed by atoms with E-state index in [-0.39, 0.29) is 0 Å². The van der Waals surface area contributed by atoms with Crippen molar-refractivity contribution in [1.82, 2.24) is 9.78 Å². The Kier molecular flexibility index (Phi) is 4.67. The van der Waals surface area contributed by atoms with Crippen LogP contribution in [0.4, 0.5) is 0 Å². The normalized spacial score (nSPS) is 12.9. The third-order valence-electron chi connectivity index (χ3n) is 3.49. The lowest BCUT2D eigenvalue weighted by Gasteiger charge is -2.15. The van der Waals surface area contributed by atoms with Gasteiger partial charge in [-0.25, -0.2) is 0 Å². The highest BCUT2D eigenvalue weighted by Crippen LogP contribution is 2.34. The number of aliphatic hydroxyl groups is 1. The van der Waals surface area contributed by atoms with Gasteiger partial charge in [-0.3, -0.25) is 4.68 Å². The average Bonchev–Trinajstić information content (AvgIpc) is 2.88. The highest BCUT2D eigenvalue weighted by atomic mass is 79.9. The Morgan fingerprint density at radius 2 is 2.10 bits per heavy atom. The summed E-state index contributed by atoms with van der Waals surface area (Å²) in [7, 11) is 1.64. The minimum absolute atomic E-state index is 0.538. The van der Waals surface area contributed by atoms with Gasteiger partial charge in [-0.1, -0.05) is 0 Å². The van der Waals surface area contributed by atoms with Gasteiger partial charge < -0.3 is 14.3 Å². The number of rotatable bonds is 5. The number of hydrogen-bond acceptors (Lipinski definition) is 4. The first-order valence-corrected chi connectivity index (χ1v) is 7.21. The van der Waals surface area contributed by atoms with E-state index in [0.29, 0.717) is 18.8 Å². The number of furan rings is 1. The minimum atomic E-state index is -0.777. The van der Waals surface area contributed by atoms with Crippen LogP contribution in [0.1, 0.15) is 34.4 Å². The largest absolute Gasteiger partial charge is 0.466 e. The minimum Gasteiger partial charge on any atom is -0.466 e. The summed E-state index contributed by atoms with van der Waals surface area (Å²) >= 11 is 3.45. The van der Waals surface area contributed by atoms with Gasteiger partial charge in [0.25, 0.3) is 0 Å². The van der Waals surface area contributed by atoms with E-state index in [1.165, 1.54) is 0 Å². The summed E-state index contributed by atoms with van der Waals surface area (Å²) in [5.74, 6) is 1.56. The molecule has 0 saturated heterocycles. The summed E-state index contributed by atoms with van der Waals surface area (Å²) in [4.78, 5) is 0. The first-order chi connectivity index (χ1) is 9.47. The molecule has 0 saturated carbocycles. The van der Waals surface area contributed by atoms with Crippen molar-refractivity contribution in [1.29, 1.82) is 0 Å². The van der Waals surface area contributed by atoms with E-state index in [0.717, 1.165) is 27.1 Å². The summed E-state index contributed by atoms with van der Waals surface area (Å²) in [6.07, 6.45) is 0.910. The van der Waals surface area contributed by atoms with Crippen molar-refractivity contribution < 1.29 is 14.3 Å². The van der Waals surface area contributed by atoms with Gasteiger partial charge in [0, 0.05) is 12.7 Å². The lowest BCUT2D eigenvalue weighted by molar-refractivity contribution is 0.170. The summed E-state index contributed by atoms with van der Waals surface area (Å²) < 4.78 is 13.2. The summed E-state index contributed by atoms with van der Waals surface area (Å²) in [6, 6.07) is 0. The Labute approximate surface area is 126 Å². The van der Waals surface area contributed by atoms with Gasteiger partial charge in [-0.05, 0) is 42.3 Å². The zero-order valence-corrected chi connectivity index (χ0v) is 13.7. The van der Waals surface area contributed by atoms with Gasteiger partial charge in [0.1, 0.15) is 17.6 Å². The summed E-state index contributed by atoms with van der Waals surface area (Å²) in [5.41, 5.74) is 2.50. The zero-order chi connectivity index (χ0) is 14.9. The van der Waals surface area contributed by atoms with Crippen molar-refractivity contribution in [3.05, 3.63) is 39.0 Å². The Morgan fingerprint density at radius 1 is 1.40 bits per heavy atom. The molecule has 6 heteroatoms. The third kappa shape index (κ3) is 2.68. The number of ether oxygens (including phenoxy) is 1. The standard InChI is InChI=1S/C14H19BrN2O3/c1-8-9(2)20-10(3)12(8)14(18)13-11(15)7-16-17(13)5-6-19-4/h7,14,18H,5-6H2,1-4H3. The molecular formula is C14H19BrN2O3. The van der Waals surface area contributed by atoms with Gasteiger partial charge in [0.05, 0.1) is 29.5 Å². The number of aromatic nitrogens is 2. The molecule has 2 aromatic rings. The molecule has 110 valence electrons. The lowest BCUT2D eigenvalue weighted by Crippen LogP contribution is -2.14. The molecule has 0 aromatic carbocycles. The van der Waals surface area contributed by atoms with Crippen LogP contribution < -0.4 is 0 Å². The van der Waals surface area contributed by atoms with Crippen LogP contribution in [0.2, 0.25) is 0 Å². The quantitative estimate of drug-likeness (QED) is 0.907. The Balaban J connectivity index is 2.42. The highest BCUT2D eigenvalue weighted by molar-refractivity contribution is 9.10. The van der Waals surface area contributed by atoms with E-state index in [9.17, 15) is 5.11 Å². The van der Waals surface area contributed by atoms with Crippen molar-refractivity contribution in [2.45, 2.75) is 33.4 Å². The van der Waals surface area contributed by atoms with Crippen molar-refractivity contribution >= 4 is 15.9 Å². The van der Waals surface area contributed by atoms with E-state index in [4.69, 9.17) is 9.15 Å². The maximum absolute atomic E-state index is 10.7. The maximum Gasteiger partial charge on any atom is 0.125 e. The number of halogens is 1. The molecule has 20 heavy (non-hydrogen) atoms. The van der Waals surface area contributed by atoms with E-state index < -0.39 is 6.10 Å². The first-order valence-electron chi connectivity index (χ1n) is 6.42. The Hall–Kier alpha value is -1.11. The van der Waals surface area contributed by atoms with Crippen LogP contribution in [0.15, 0.2) is 15.1 Å². The number of aryl methyl sites for hydroxylation is 2. The molecule has 0 fully saturated rings. The topological polar surface area (TPSA) is 60.4 Å². The van der Waals surface area contributed by atoms with Crippen molar-refractivity contribution in [2.24, 2.45) is 0 Å². The molecule has 0 aliphatic rings. The lowest BCUT2D eigenvalue weighted by atomic mass is 10.0. The van der Waals surface area contributed by atoms with Crippen LogP contribution in [0, 0.1) is 20.8 Å². The van der Waals surface area contributed by atoms with Crippen LogP contribution >= 0.6 is 15.9 Å².